The molecule has 0 aliphatic heterocycles. The zero-order valence-corrected chi connectivity index (χ0v) is 21.1. The number of aromatic nitrogens is 3. The highest BCUT2D eigenvalue weighted by Crippen LogP contribution is 2.37. The minimum atomic E-state index is -3.24. The highest BCUT2D eigenvalue weighted by atomic mass is 19.3. The highest BCUT2D eigenvalue weighted by molar-refractivity contribution is 5.48. The molecule has 7 nitrogen and oxygen atoms in total. The van der Waals surface area contributed by atoms with E-state index in [0.29, 0.717) is 22.5 Å². The Labute approximate surface area is 222 Å². The maximum atomic E-state index is 13.1. The van der Waals surface area contributed by atoms with Crippen LogP contribution in [0.5, 0.6) is 11.5 Å². The lowest BCUT2D eigenvalue weighted by molar-refractivity contribution is -0.605. The van der Waals surface area contributed by atoms with Gasteiger partial charge in [0.2, 0.25) is 0 Å². The molecule has 1 unspecified atom stereocenters. The minimum absolute atomic E-state index is 0.359. The Morgan fingerprint density at radius 1 is 0.872 bits per heavy atom. The molecule has 1 atom stereocenters. The summed E-state index contributed by atoms with van der Waals surface area (Å²) in [6.07, 6.45) is 6.42. The smallest absolute Gasteiger partial charge is 0.387 e. The van der Waals surface area contributed by atoms with Gasteiger partial charge in [-0.1, -0.05) is 18.2 Å². The predicted molar refractivity (Wildman–Crippen MR) is 136 cm³/mol. The zero-order valence-electron chi connectivity index (χ0n) is 21.1. The third-order valence-corrected chi connectivity index (χ3v) is 6.05. The van der Waals surface area contributed by atoms with Crippen molar-refractivity contribution >= 4 is 5.82 Å². The summed E-state index contributed by atoms with van der Waals surface area (Å²) in [7, 11) is 0. The van der Waals surface area contributed by atoms with Gasteiger partial charge in [-0.3, -0.25) is 4.98 Å². The van der Waals surface area contributed by atoms with E-state index in [-0.39, 0.29) is 0 Å². The van der Waals surface area contributed by atoms with Crippen LogP contribution >= 0.6 is 0 Å². The normalized spacial score (nSPS) is 12.4. The van der Waals surface area contributed by atoms with E-state index in [1.54, 1.807) is 30.6 Å². The van der Waals surface area contributed by atoms with Gasteiger partial charge in [0.1, 0.15) is 5.82 Å². The van der Waals surface area contributed by atoms with Crippen molar-refractivity contribution < 1.29 is 31.8 Å². The molecular weight excluding hydrogens is 516 g/mol. The van der Waals surface area contributed by atoms with Crippen molar-refractivity contribution in [3.63, 3.8) is 0 Å². The Balaban J connectivity index is 1.67. The highest BCUT2D eigenvalue weighted by Gasteiger charge is 2.24. The topological polar surface area (TPSA) is 83.2 Å². The summed E-state index contributed by atoms with van der Waals surface area (Å²) < 4.78 is 61.3. The first-order chi connectivity index (χ1) is 18.6. The Morgan fingerprint density at radius 2 is 1.56 bits per heavy atom. The molecule has 39 heavy (non-hydrogen) atoms. The van der Waals surface area contributed by atoms with Crippen molar-refractivity contribution in [1.82, 2.24) is 9.97 Å². The Kier molecular flexibility index (Phi) is 8.48. The molecular formula is C28H26F4N4O3. The van der Waals surface area contributed by atoms with E-state index in [1.165, 1.54) is 30.6 Å². The number of nitrogens with one attached hydrogen (secondary N) is 1. The van der Waals surface area contributed by atoms with Crippen molar-refractivity contribution in [2.45, 2.75) is 44.9 Å². The third-order valence-electron chi connectivity index (χ3n) is 6.05. The molecule has 0 aliphatic carbocycles. The molecule has 4 rings (SSSR count). The van der Waals surface area contributed by atoms with Gasteiger partial charge in [-0.15, -0.1) is 0 Å². The van der Waals surface area contributed by atoms with Crippen LogP contribution in [0.4, 0.5) is 23.4 Å². The monoisotopic (exact) mass is 542 g/mol. The number of anilines is 1. The molecule has 0 saturated carbocycles. The minimum Gasteiger partial charge on any atom is -0.619 e. The van der Waals surface area contributed by atoms with E-state index in [4.69, 9.17) is 0 Å². The van der Waals surface area contributed by atoms with Gasteiger partial charge in [0.15, 0.2) is 23.9 Å². The fraction of sp³-hybridized carbons (Fsp3) is 0.250. The molecule has 1 aromatic carbocycles. The number of halogens is 4. The van der Waals surface area contributed by atoms with Crippen LogP contribution in [0.2, 0.25) is 0 Å². The van der Waals surface area contributed by atoms with Crippen LogP contribution in [0.25, 0.3) is 0 Å². The summed E-state index contributed by atoms with van der Waals surface area (Å²) in [6, 6.07) is 16.5. The lowest BCUT2D eigenvalue weighted by Gasteiger charge is -2.26. The first-order valence-electron chi connectivity index (χ1n) is 12.0. The average Bonchev–Trinajstić information content (AvgIpc) is 2.90. The van der Waals surface area contributed by atoms with Gasteiger partial charge in [0.05, 0.1) is 11.2 Å². The van der Waals surface area contributed by atoms with Crippen LogP contribution in [0.3, 0.4) is 0 Å². The standard InChI is InChI=1S/C28H26F4N4O3/c1-28(2,24-5-3-4-12-33-24)35-25-9-7-20(17-34-25)21(15-18-10-13-36(37)14-11-18)19-6-8-22(38-26(29)30)23(16-19)39-27(31)32/h3-14,16-17,21,26-27H,15H2,1-2H3,(H,34,35). The van der Waals surface area contributed by atoms with Gasteiger partial charge in [-0.2, -0.15) is 22.3 Å². The SMILES string of the molecule is CC(C)(Nc1ccc(C(Cc2cc[n+]([O-])cc2)c2ccc(OC(F)F)c(OC(F)F)c2)cn1)c1ccccn1. The number of rotatable bonds is 11. The van der Waals surface area contributed by atoms with E-state index in [0.717, 1.165) is 16.8 Å². The summed E-state index contributed by atoms with van der Waals surface area (Å²) in [5.74, 6) is -0.878. The second kappa shape index (κ2) is 12.0. The Hall–Kier alpha value is -4.41. The van der Waals surface area contributed by atoms with Gasteiger partial charge in [0, 0.05) is 30.4 Å². The molecule has 1 N–H and O–H groups in total. The number of ether oxygens (including phenoxy) is 2. The van der Waals surface area contributed by atoms with Gasteiger partial charge in [-0.25, -0.2) is 4.98 Å². The van der Waals surface area contributed by atoms with Gasteiger partial charge in [0.25, 0.3) is 0 Å². The van der Waals surface area contributed by atoms with Gasteiger partial charge in [-0.05, 0) is 67.3 Å². The Bertz CT molecular complexity index is 1360. The van der Waals surface area contributed by atoms with E-state index < -0.39 is 36.2 Å². The van der Waals surface area contributed by atoms with E-state index in [2.05, 4.69) is 24.8 Å². The second-order valence-electron chi connectivity index (χ2n) is 9.23. The first kappa shape index (κ1) is 27.6. The molecule has 0 saturated heterocycles. The van der Waals surface area contributed by atoms with Crippen LogP contribution in [0, 0.1) is 5.21 Å². The van der Waals surface area contributed by atoms with Crippen molar-refractivity contribution in [3.05, 3.63) is 113 Å². The van der Waals surface area contributed by atoms with Crippen LogP contribution < -0.4 is 19.5 Å². The van der Waals surface area contributed by atoms with Crippen molar-refractivity contribution in [3.8, 4) is 11.5 Å². The van der Waals surface area contributed by atoms with Crippen LogP contribution in [-0.4, -0.2) is 23.2 Å². The zero-order chi connectivity index (χ0) is 28.0. The van der Waals surface area contributed by atoms with Crippen molar-refractivity contribution in [1.29, 1.82) is 0 Å². The van der Waals surface area contributed by atoms with E-state index in [9.17, 15) is 22.8 Å². The average molecular weight is 543 g/mol. The second-order valence-corrected chi connectivity index (χ2v) is 9.23. The summed E-state index contributed by atoms with van der Waals surface area (Å²) in [6.45, 7) is -2.51. The summed E-state index contributed by atoms with van der Waals surface area (Å²) >= 11 is 0. The molecule has 3 heterocycles. The number of nitrogens with zero attached hydrogens (tertiary/aromatic N) is 3. The summed E-state index contributed by atoms with van der Waals surface area (Å²) in [5.41, 5.74) is 2.32. The maximum absolute atomic E-state index is 13.1. The summed E-state index contributed by atoms with van der Waals surface area (Å²) in [4.78, 5) is 8.95. The molecule has 0 amide bonds. The van der Waals surface area contributed by atoms with Crippen molar-refractivity contribution in [2.75, 3.05) is 5.32 Å². The van der Waals surface area contributed by atoms with Gasteiger partial charge < -0.3 is 20.0 Å². The molecule has 11 heteroatoms. The molecule has 0 radical (unpaired) electrons. The molecule has 0 bridgehead atoms. The number of benzene rings is 1. The fourth-order valence-corrected chi connectivity index (χ4v) is 4.17. The van der Waals surface area contributed by atoms with Gasteiger partial charge >= 0.3 is 13.2 Å². The number of hydrogen-bond donors (Lipinski definition) is 1. The van der Waals surface area contributed by atoms with E-state index >= 15 is 0 Å². The lowest BCUT2D eigenvalue weighted by atomic mass is 9.86. The quantitative estimate of drug-likeness (QED) is 0.142. The number of alkyl halides is 4. The molecule has 204 valence electrons. The molecule has 0 fully saturated rings. The molecule has 4 aromatic rings. The van der Waals surface area contributed by atoms with Crippen LogP contribution in [-0.2, 0) is 12.0 Å². The van der Waals surface area contributed by atoms with E-state index in [1.807, 2.05) is 38.1 Å². The first-order valence-corrected chi connectivity index (χ1v) is 12.0. The molecule has 0 aliphatic rings. The molecule has 3 aromatic heterocycles. The summed E-state index contributed by atoms with van der Waals surface area (Å²) in [5, 5.41) is 14.9. The molecule has 0 spiro atoms. The predicted octanol–water partition coefficient (Wildman–Crippen LogP) is 6.03. The lowest BCUT2D eigenvalue weighted by Crippen LogP contribution is -2.29. The van der Waals surface area contributed by atoms with Crippen LogP contribution in [0.1, 0.15) is 42.1 Å². The number of pyridine rings is 3. The van der Waals surface area contributed by atoms with Crippen LogP contribution in [0.15, 0.2) is 85.5 Å². The third kappa shape index (κ3) is 7.34. The Morgan fingerprint density at radius 3 is 2.18 bits per heavy atom. The maximum Gasteiger partial charge on any atom is 0.387 e. The number of hydrogen-bond acceptors (Lipinski definition) is 6. The fourth-order valence-electron chi connectivity index (χ4n) is 4.17. The largest absolute Gasteiger partial charge is 0.619 e. The van der Waals surface area contributed by atoms with Crippen molar-refractivity contribution in [2.24, 2.45) is 0 Å².